The van der Waals surface area contributed by atoms with E-state index in [1.54, 1.807) is 18.4 Å². The fourth-order valence-electron chi connectivity index (χ4n) is 1.76. The van der Waals surface area contributed by atoms with Crippen LogP contribution in [-0.4, -0.2) is 7.05 Å². The minimum Gasteiger partial charge on any atom is -0.469 e. The maximum atomic E-state index is 13.6. The minimum absolute atomic E-state index is 0.0626. The normalized spacial score (nSPS) is 12.6. The summed E-state index contributed by atoms with van der Waals surface area (Å²) in [4.78, 5) is 0. The standard InChI is InChI=1S/C13H14FNO/c1-15-13(9-10-5-4-8-16-10)11-6-2-3-7-12(11)14/h2-8,13,15H,9H2,1H3. The van der Waals surface area contributed by atoms with Crippen LogP contribution in [-0.2, 0) is 6.42 Å². The molecule has 2 rings (SSSR count). The molecule has 0 aliphatic carbocycles. The summed E-state index contributed by atoms with van der Waals surface area (Å²) >= 11 is 0. The lowest BCUT2D eigenvalue weighted by Gasteiger charge is -2.15. The molecular formula is C13H14FNO. The van der Waals surface area contributed by atoms with Crippen LogP contribution in [0.25, 0.3) is 0 Å². The minimum atomic E-state index is -0.187. The first-order valence-electron chi connectivity index (χ1n) is 5.25. The van der Waals surface area contributed by atoms with E-state index in [0.717, 1.165) is 5.76 Å². The van der Waals surface area contributed by atoms with Crippen LogP contribution in [0.15, 0.2) is 47.1 Å². The number of hydrogen-bond acceptors (Lipinski definition) is 2. The van der Waals surface area contributed by atoms with E-state index < -0.39 is 0 Å². The molecule has 3 heteroatoms. The third kappa shape index (κ3) is 2.31. The van der Waals surface area contributed by atoms with Crippen molar-refractivity contribution in [3.63, 3.8) is 0 Å². The Morgan fingerprint density at radius 2 is 2.06 bits per heavy atom. The average Bonchev–Trinajstić information content (AvgIpc) is 2.80. The van der Waals surface area contributed by atoms with Crippen molar-refractivity contribution in [2.45, 2.75) is 12.5 Å². The van der Waals surface area contributed by atoms with Crippen molar-refractivity contribution in [1.82, 2.24) is 5.32 Å². The summed E-state index contributed by atoms with van der Waals surface area (Å²) in [5.41, 5.74) is 0.668. The van der Waals surface area contributed by atoms with Gasteiger partial charge in [0, 0.05) is 18.0 Å². The summed E-state index contributed by atoms with van der Waals surface area (Å²) in [6.45, 7) is 0. The van der Waals surface area contributed by atoms with Crippen LogP contribution in [0, 0.1) is 5.82 Å². The molecule has 2 nitrogen and oxygen atoms in total. The summed E-state index contributed by atoms with van der Waals surface area (Å²) in [6.07, 6.45) is 2.27. The molecule has 84 valence electrons. The van der Waals surface area contributed by atoms with Crippen LogP contribution >= 0.6 is 0 Å². The largest absolute Gasteiger partial charge is 0.469 e. The number of likely N-dealkylation sites (N-methyl/N-ethyl adjacent to an activating group) is 1. The second kappa shape index (κ2) is 4.94. The van der Waals surface area contributed by atoms with Crippen LogP contribution in [0.4, 0.5) is 4.39 Å². The van der Waals surface area contributed by atoms with Gasteiger partial charge in [-0.1, -0.05) is 18.2 Å². The summed E-state index contributed by atoms with van der Waals surface area (Å²) in [7, 11) is 1.82. The van der Waals surface area contributed by atoms with Gasteiger partial charge in [-0.2, -0.15) is 0 Å². The molecule has 1 atom stereocenters. The van der Waals surface area contributed by atoms with Gasteiger partial charge in [-0.3, -0.25) is 0 Å². The molecule has 2 aromatic rings. The van der Waals surface area contributed by atoms with Gasteiger partial charge in [0.2, 0.25) is 0 Å². The summed E-state index contributed by atoms with van der Waals surface area (Å²) in [6, 6.07) is 10.5. The predicted molar refractivity (Wildman–Crippen MR) is 60.6 cm³/mol. The Bertz CT molecular complexity index is 439. The molecule has 0 spiro atoms. The van der Waals surface area contributed by atoms with Crippen LogP contribution < -0.4 is 5.32 Å². The van der Waals surface area contributed by atoms with E-state index in [2.05, 4.69) is 5.32 Å². The Balaban J connectivity index is 2.20. The van der Waals surface area contributed by atoms with E-state index >= 15 is 0 Å². The van der Waals surface area contributed by atoms with Crippen molar-refractivity contribution in [3.8, 4) is 0 Å². The van der Waals surface area contributed by atoms with Crippen molar-refractivity contribution in [3.05, 3.63) is 59.8 Å². The Hall–Kier alpha value is -1.61. The highest BCUT2D eigenvalue weighted by Gasteiger charge is 2.14. The number of benzene rings is 1. The van der Waals surface area contributed by atoms with Crippen molar-refractivity contribution in [1.29, 1.82) is 0 Å². The van der Waals surface area contributed by atoms with E-state index in [9.17, 15) is 4.39 Å². The smallest absolute Gasteiger partial charge is 0.127 e. The second-order valence-electron chi connectivity index (χ2n) is 3.65. The number of rotatable bonds is 4. The monoisotopic (exact) mass is 219 g/mol. The summed E-state index contributed by atoms with van der Waals surface area (Å²) in [5, 5.41) is 3.10. The first kappa shape index (κ1) is 10.9. The van der Waals surface area contributed by atoms with E-state index in [-0.39, 0.29) is 11.9 Å². The molecule has 0 fully saturated rings. The molecule has 1 heterocycles. The van der Waals surface area contributed by atoms with Gasteiger partial charge in [0.05, 0.1) is 6.26 Å². The maximum Gasteiger partial charge on any atom is 0.127 e. The zero-order valence-electron chi connectivity index (χ0n) is 9.11. The quantitative estimate of drug-likeness (QED) is 0.855. The zero-order valence-corrected chi connectivity index (χ0v) is 9.11. The highest BCUT2D eigenvalue weighted by atomic mass is 19.1. The zero-order chi connectivity index (χ0) is 11.4. The first-order chi connectivity index (χ1) is 7.81. The van der Waals surface area contributed by atoms with Gasteiger partial charge in [0.25, 0.3) is 0 Å². The molecule has 0 saturated heterocycles. The number of halogens is 1. The second-order valence-corrected chi connectivity index (χ2v) is 3.65. The lowest BCUT2D eigenvalue weighted by Crippen LogP contribution is -2.19. The number of hydrogen-bond donors (Lipinski definition) is 1. The number of furan rings is 1. The topological polar surface area (TPSA) is 25.2 Å². The molecule has 1 unspecified atom stereocenters. The summed E-state index contributed by atoms with van der Waals surface area (Å²) in [5.74, 6) is 0.663. The lowest BCUT2D eigenvalue weighted by atomic mass is 10.0. The Morgan fingerprint density at radius 1 is 1.25 bits per heavy atom. The molecule has 0 saturated carbocycles. The van der Waals surface area contributed by atoms with Crippen molar-refractivity contribution >= 4 is 0 Å². The highest BCUT2D eigenvalue weighted by Crippen LogP contribution is 2.20. The molecule has 0 amide bonds. The van der Waals surface area contributed by atoms with Gasteiger partial charge in [-0.05, 0) is 25.2 Å². The van der Waals surface area contributed by atoms with Gasteiger partial charge < -0.3 is 9.73 Å². The molecule has 0 aliphatic heterocycles. The third-order valence-corrected chi connectivity index (χ3v) is 2.61. The van der Waals surface area contributed by atoms with E-state index in [4.69, 9.17) is 4.42 Å². The van der Waals surface area contributed by atoms with Crippen LogP contribution in [0.1, 0.15) is 17.4 Å². The maximum absolute atomic E-state index is 13.6. The Labute approximate surface area is 94.1 Å². The molecule has 0 radical (unpaired) electrons. The molecule has 1 aromatic heterocycles. The summed E-state index contributed by atoms with van der Waals surface area (Å²) < 4.78 is 18.8. The van der Waals surface area contributed by atoms with Crippen LogP contribution in [0.2, 0.25) is 0 Å². The molecule has 16 heavy (non-hydrogen) atoms. The van der Waals surface area contributed by atoms with Crippen LogP contribution in [0.3, 0.4) is 0 Å². The van der Waals surface area contributed by atoms with Crippen LogP contribution in [0.5, 0.6) is 0 Å². The third-order valence-electron chi connectivity index (χ3n) is 2.61. The first-order valence-corrected chi connectivity index (χ1v) is 5.25. The fraction of sp³-hybridized carbons (Fsp3) is 0.231. The molecule has 1 aromatic carbocycles. The van der Waals surface area contributed by atoms with Gasteiger partial charge in [0.1, 0.15) is 11.6 Å². The average molecular weight is 219 g/mol. The lowest BCUT2D eigenvalue weighted by molar-refractivity contribution is 0.455. The molecule has 0 bridgehead atoms. The van der Waals surface area contributed by atoms with Gasteiger partial charge >= 0.3 is 0 Å². The Morgan fingerprint density at radius 3 is 2.69 bits per heavy atom. The van der Waals surface area contributed by atoms with Gasteiger partial charge in [0.15, 0.2) is 0 Å². The molecule has 0 aliphatic rings. The van der Waals surface area contributed by atoms with Gasteiger partial charge in [-0.15, -0.1) is 0 Å². The SMILES string of the molecule is CNC(Cc1ccco1)c1ccccc1F. The molecular weight excluding hydrogens is 205 g/mol. The number of nitrogens with one attached hydrogen (secondary N) is 1. The van der Waals surface area contributed by atoms with E-state index in [1.807, 2.05) is 25.2 Å². The predicted octanol–water partition coefficient (Wildman–Crippen LogP) is 2.92. The highest BCUT2D eigenvalue weighted by molar-refractivity contribution is 5.22. The molecule has 1 N–H and O–H groups in total. The fourth-order valence-corrected chi connectivity index (χ4v) is 1.76. The van der Waals surface area contributed by atoms with Gasteiger partial charge in [-0.25, -0.2) is 4.39 Å². The van der Waals surface area contributed by atoms with Crippen molar-refractivity contribution in [2.75, 3.05) is 7.05 Å². The van der Waals surface area contributed by atoms with E-state index in [0.29, 0.717) is 12.0 Å². The van der Waals surface area contributed by atoms with E-state index in [1.165, 1.54) is 6.07 Å². The van der Waals surface area contributed by atoms with Crippen molar-refractivity contribution < 1.29 is 8.81 Å². The van der Waals surface area contributed by atoms with Crippen molar-refractivity contribution in [2.24, 2.45) is 0 Å². The Kier molecular flexibility index (Phi) is 3.37.